The highest BCUT2D eigenvalue weighted by Crippen LogP contribution is 2.24. The zero-order valence-corrected chi connectivity index (χ0v) is 13.2. The van der Waals surface area contributed by atoms with Crippen LogP contribution in [0, 0.1) is 6.92 Å². The Kier molecular flexibility index (Phi) is 4.07. The van der Waals surface area contributed by atoms with E-state index in [0.717, 1.165) is 27.9 Å². The van der Waals surface area contributed by atoms with Gasteiger partial charge in [0.2, 0.25) is 0 Å². The number of hydrazone groups is 1. The lowest BCUT2D eigenvalue weighted by Gasteiger charge is -2.07. The number of fused-ring (bicyclic) bond motifs is 1. The molecule has 3 nitrogen and oxygen atoms in total. The number of halogens is 1. The topological polar surface area (TPSA) is 37.3 Å². The fraction of sp³-hybridized carbons (Fsp3) is 0.111. The van der Waals surface area contributed by atoms with Crippen molar-refractivity contribution in [3.63, 3.8) is 0 Å². The first-order valence-corrected chi connectivity index (χ1v) is 7.43. The monoisotopic (exact) mass is 309 g/mol. The number of hydrogen-bond donors (Lipinski definition) is 1. The molecule has 0 aliphatic carbocycles. The van der Waals surface area contributed by atoms with Crippen molar-refractivity contribution in [2.24, 2.45) is 5.10 Å². The number of hydrogen-bond acceptors (Lipinski definition) is 3. The molecule has 22 heavy (non-hydrogen) atoms. The van der Waals surface area contributed by atoms with Crippen molar-refractivity contribution in [2.45, 2.75) is 13.8 Å². The smallest absolute Gasteiger partial charge is 0.0738 e. The Morgan fingerprint density at radius 2 is 1.86 bits per heavy atom. The SMILES string of the molecule is CC(=NNc1ccnc2cc(Cl)ccc12)c1ccc(C)cc1. The van der Waals surface area contributed by atoms with Crippen molar-refractivity contribution < 1.29 is 0 Å². The lowest BCUT2D eigenvalue weighted by molar-refractivity contribution is 1.31. The molecular formula is C18H16ClN3. The van der Waals surface area contributed by atoms with Gasteiger partial charge in [0.25, 0.3) is 0 Å². The highest BCUT2D eigenvalue weighted by atomic mass is 35.5. The van der Waals surface area contributed by atoms with Crippen molar-refractivity contribution >= 4 is 33.9 Å². The fourth-order valence-electron chi connectivity index (χ4n) is 2.22. The first kappa shape index (κ1) is 14.5. The molecule has 2 aromatic carbocycles. The summed E-state index contributed by atoms with van der Waals surface area (Å²) in [6, 6.07) is 15.9. The second-order valence-electron chi connectivity index (χ2n) is 5.20. The van der Waals surface area contributed by atoms with Crippen molar-refractivity contribution in [3.05, 3.63) is 70.9 Å². The van der Waals surface area contributed by atoms with E-state index in [-0.39, 0.29) is 0 Å². The summed E-state index contributed by atoms with van der Waals surface area (Å²) in [5.41, 5.74) is 8.15. The predicted octanol–water partition coefficient (Wildman–Crippen LogP) is 5.03. The van der Waals surface area contributed by atoms with E-state index in [1.807, 2.05) is 31.2 Å². The summed E-state index contributed by atoms with van der Waals surface area (Å²) in [5, 5.41) is 6.14. The highest BCUT2D eigenvalue weighted by molar-refractivity contribution is 6.31. The maximum Gasteiger partial charge on any atom is 0.0738 e. The summed E-state index contributed by atoms with van der Waals surface area (Å²) in [5.74, 6) is 0. The summed E-state index contributed by atoms with van der Waals surface area (Å²) in [6.45, 7) is 4.06. The lowest BCUT2D eigenvalue weighted by Crippen LogP contribution is -2.00. The molecule has 110 valence electrons. The van der Waals surface area contributed by atoms with Gasteiger partial charge in [-0.15, -0.1) is 0 Å². The van der Waals surface area contributed by atoms with Gasteiger partial charge in [0, 0.05) is 16.6 Å². The van der Waals surface area contributed by atoms with Gasteiger partial charge in [0.05, 0.1) is 16.9 Å². The first-order valence-electron chi connectivity index (χ1n) is 7.05. The molecule has 0 unspecified atom stereocenters. The van der Waals surface area contributed by atoms with Crippen LogP contribution in [0.2, 0.25) is 5.02 Å². The molecule has 0 atom stereocenters. The third kappa shape index (κ3) is 3.10. The minimum Gasteiger partial charge on any atom is -0.277 e. The maximum absolute atomic E-state index is 6.00. The minimum absolute atomic E-state index is 0.677. The van der Waals surface area contributed by atoms with Crippen molar-refractivity contribution in [2.75, 3.05) is 5.43 Å². The molecule has 1 N–H and O–H groups in total. The Hall–Kier alpha value is -2.39. The van der Waals surface area contributed by atoms with E-state index in [0.29, 0.717) is 5.02 Å². The molecule has 3 rings (SSSR count). The average Bonchev–Trinajstić information content (AvgIpc) is 2.52. The zero-order chi connectivity index (χ0) is 15.5. The van der Waals surface area contributed by atoms with Gasteiger partial charge in [0.15, 0.2) is 0 Å². The van der Waals surface area contributed by atoms with Crippen LogP contribution in [-0.4, -0.2) is 10.7 Å². The van der Waals surface area contributed by atoms with Crippen LogP contribution in [-0.2, 0) is 0 Å². The van der Waals surface area contributed by atoms with E-state index < -0.39 is 0 Å². The van der Waals surface area contributed by atoms with E-state index >= 15 is 0 Å². The predicted molar refractivity (Wildman–Crippen MR) is 93.8 cm³/mol. The third-order valence-corrected chi connectivity index (χ3v) is 3.75. The molecule has 0 radical (unpaired) electrons. The Bertz CT molecular complexity index is 839. The molecule has 0 saturated carbocycles. The van der Waals surface area contributed by atoms with Crippen LogP contribution in [0.1, 0.15) is 18.1 Å². The van der Waals surface area contributed by atoms with E-state index in [1.165, 1.54) is 5.56 Å². The highest BCUT2D eigenvalue weighted by Gasteiger charge is 2.02. The molecule has 1 aromatic heterocycles. The number of nitrogens with zero attached hydrogens (tertiary/aromatic N) is 2. The molecule has 1 heterocycles. The molecule has 0 amide bonds. The Labute approximate surface area is 134 Å². The molecule has 0 aliphatic rings. The van der Waals surface area contributed by atoms with Gasteiger partial charge in [-0.25, -0.2) is 0 Å². The minimum atomic E-state index is 0.677. The van der Waals surface area contributed by atoms with E-state index in [4.69, 9.17) is 11.6 Å². The van der Waals surface area contributed by atoms with Crippen molar-refractivity contribution in [3.8, 4) is 0 Å². The van der Waals surface area contributed by atoms with E-state index in [1.54, 1.807) is 6.20 Å². The number of aryl methyl sites for hydroxylation is 1. The number of pyridine rings is 1. The van der Waals surface area contributed by atoms with Crippen LogP contribution in [0.5, 0.6) is 0 Å². The average molecular weight is 310 g/mol. The molecule has 3 aromatic rings. The standard InChI is InChI=1S/C18H16ClN3/c1-12-3-5-14(6-4-12)13(2)21-22-17-9-10-20-18-11-15(19)7-8-16(17)18/h3-11H,1-2H3,(H,20,22). The summed E-state index contributed by atoms with van der Waals surface area (Å²) >= 11 is 6.00. The molecule has 0 aliphatic heterocycles. The fourth-order valence-corrected chi connectivity index (χ4v) is 2.39. The van der Waals surface area contributed by atoms with Gasteiger partial charge in [-0.3, -0.25) is 10.4 Å². The number of aromatic nitrogens is 1. The van der Waals surface area contributed by atoms with Crippen LogP contribution < -0.4 is 5.43 Å². The van der Waals surface area contributed by atoms with Crippen LogP contribution in [0.25, 0.3) is 10.9 Å². The number of rotatable bonds is 3. The van der Waals surface area contributed by atoms with Gasteiger partial charge in [0.1, 0.15) is 0 Å². The van der Waals surface area contributed by atoms with Gasteiger partial charge < -0.3 is 0 Å². The van der Waals surface area contributed by atoms with E-state index in [2.05, 4.69) is 46.7 Å². The van der Waals surface area contributed by atoms with E-state index in [9.17, 15) is 0 Å². The summed E-state index contributed by atoms with van der Waals surface area (Å²) in [7, 11) is 0. The molecule has 0 fully saturated rings. The van der Waals surface area contributed by atoms with Crippen LogP contribution in [0.15, 0.2) is 59.8 Å². The Morgan fingerprint density at radius 3 is 2.64 bits per heavy atom. The summed E-state index contributed by atoms with van der Waals surface area (Å²) in [4.78, 5) is 4.32. The number of benzene rings is 2. The van der Waals surface area contributed by atoms with Crippen LogP contribution in [0.4, 0.5) is 5.69 Å². The van der Waals surface area contributed by atoms with Crippen molar-refractivity contribution in [1.29, 1.82) is 0 Å². The lowest BCUT2D eigenvalue weighted by atomic mass is 10.1. The number of anilines is 1. The maximum atomic E-state index is 6.00. The molecule has 0 bridgehead atoms. The molecule has 4 heteroatoms. The molecule has 0 spiro atoms. The number of nitrogens with one attached hydrogen (secondary N) is 1. The Balaban J connectivity index is 1.90. The second-order valence-corrected chi connectivity index (χ2v) is 5.63. The summed E-state index contributed by atoms with van der Waals surface area (Å²) in [6.07, 6.45) is 1.75. The van der Waals surface area contributed by atoms with Crippen LogP contribution in [0.3, 0.4) is 0 Å². The zero-order valence-electron chi connectivity index (χ0n) is 12.5. The molecular weight excluding hydrogens is 294 g/mol. The first-order chi connectivity index (χ1) is 10.6. The van der Waals surface area contributed by atoms with Gasteiger partial charge in [-0.2, -0.15) is 5.10 Å². The summed E-state index contributed by atoms with van der Waals surface area (Å²) < 4.78 is 0. The van der Waals surface area contributed by atoms with Gasteiger partial charge >= 0.3 is 0 Å². The third-order valence-electron chi connectivity index (χ3n) is 3.52. The quantitative estimate of drug-likeness (QED) is 0.544. The normalized spacial score (nSPS) is 11.7. The largest absolute Gasteiger partial charge is 0.277 e. The van der Waals surface area contributed by atoms with Crippen molar-refractivity contribution in [1.82, 2.24) is 4.98 Å². The molecule has 0 saturated heterocycles. The van der Waals surface area contributed by atoms with Crippen LogP contribution >= 0.6 is 11.6 Å². The Morgan fingerprint density at radius 1 is 1.09 bits per heavy atom. The van der Waals surface area contributed by atoms with Gasteiger partial charge in [-0.1, -0.05) is 41.4 Å². The van der Waals surface area contributed by atoms with Gasteiger partial charge in [-0.05, 0) is 43.7 Å². The second kappa shape index (κ2) is 6.16.